The van der Waals surface area contributed by atoms with E-state index in [1.807, 2.05) is 11.3 Å². The molecule has 1 heterocycles. The van der Waals surface area contributed by atoms with Crippen LogP contribution in [0.2, 0.25) is 0 Å². The third-order valence-electron chi connectivity index (χ3n) is 3.73. The van der Waals surface area contributed by atoms with Crippen LogP contribution in [0.5, 0.6) is 0 Å². The average Bonchev–Trinajstić information content (AvgIpc) is 2.95. The Labute approximate surface area is 103 Å². The monoisotopic (exact) mass is 237 g/mol. The van der Waals surface area contributed by atoms with Crippen LogP contribution in [0, 0.1) is 5.92 Å². The topological polar surface area (TPSA) is 12.0 Å². The van der Waals surface area contributed by atoms with E-state index >= 15 is 0 Å². The van der Waals surface area contributed by atoms with Gasteiger partial charge in [-0.1, -0.05) is 19.4 Å². The molecule has 0 spiro atoms. The van der Waals surface area contributed by atoms with Gasteiger partial charge >= 0.3 is 0 Å². The lowest BCUT2D eigenvalue weighted by Crippen LogP contribution is -2.27. The van der Waals surface area contributed by atoms with Crippen molar-refractivity contribution < 1.29 is 0 Å². The molecule has 0 aromatic carbocycles. The summed E-state index contributed by atoms with van der Waals surface area (Å²) < 4.78 is 0. The molecular formula is C14H23NS. The molecule has 90 valence electrons. The van der Waals surface area contributed by atoms with Gasteiger partial charge in [-0.25, -0.2) is 0 Å². The molecule has 16 heavy (non-hydrogen) atoms. The van der Waals surface area contributed by atoms with E-state index in [-0.39, 0.29) is 0 Å². The zero-order valence-corrected chi connectivity index (χ0v) is 11.1. The number of nitrogens with one attached hydrogen (secondary N) is 1. The van der Waals surface area contributed by atoms with Crippen molar-refractivity contribution in [3.8, 4) is 0 Å². The summed E-state index contributed by atoms with van der Waals surface area (Å²) in [5.74, 6) is 0.995. The zero-order valence-electron chi connectivity index (χ0n) is 10.2. The minimum Gasteiger partial charge on any atom is -0.314 e. The maximum Gasteiger partial charge on any atom is 0.00698 e. The van der Waals surface area contributed by atoms with Crippen LogP contribution in [0.4, 0.5) is 0 Å². The first-order chi connectivity index (χ1) is 7.88. The highest BCUT2D eigenvalue weighted by molar-refractivity contribution is 7.09. The Bertz CT molecular complexity index is 281. The highest BCUT2D eigenvalue weighted by Crippen LogP contribution is 2.27. The summed E-state index contributed by atoms with van der Waals surface area (Å²) in [6.07, 6.45) is 8.15. The van der Waals surface area contributed by atoms with Crippen LogP contribution in [0.25, 0.3) is 0 Å². The van der Waals surface area contributed by atoms with Crippen molar-refractivity contribution >= 4 is 11.3 Å². The lowest BCUT2D eigenvalue weighted by molar-refractivity contribution is 0.474. The molecule has 1 saturated carbocycles. The van der Waals surface area contributed by atoms with Crippen molar-refractivity contribution in [1.82, 2.24) is 5.32 Å². The minimum atomic E-state index is 0.813. The molecule has 1 aliphatic rings. The normalized spacial score (nSPS) is 25.1. The summed E-state index contributed by atoms with van der Waals surface area (Å²) in [6.45, 7) is 3.52. The molecule has 1 aliphatic carbocycles. The highest BCUT2D eigenvalue weighted by atomic mass is 32.1. The third-order valence-corrected chi connectivity index (χ3v) is 4.67. The standard InChI is InChI=1S/C14H23NS/c1-2-12-7-8-13(11-12)15-9-3-5-14-6-4-10-16-14/h4,6,10,12-13,15H,2-3,5,7-9,11H2,1H3. The molecular weight excluding hydrogens is 214 g/mol. The number of hydrogen-bond donors (Lipinski definition) is 1. The number of rotatable bonds is 6. The van der Waals surface area contributed by atoms with Crippen molar-refractivity contribution in [2.75, 3.05) is 6.54 Å². The summed E-state index contributed by atoms with van der Waals surface area (Å²) in [4.78, 5) is 1.53. The average molecular weight is 237 g/mol. The van der Waals surface area contributed by atoms with E-state index in [2.05, 4.69) is 29.8 Å². The highest BCUT2D eigenvalue weighted by Gasteiger charge is 2.22. The molecule has 2 unspecified atom stereocenters. The van der Waals surface area contributed by atoms with E-state index in [0.29, 0.717) is 0 Å². The van der Waals surface area contributed by atoms with Crippen LogP contribution in [0.15, 0.2) is 17.5 Å². The quantitative estimate of drug-likeness (QED) is 0.741. The van der Waals surface area contributed by atoms with Crippen molar-refractivity contribution in [3.63, 3.8) is 0 Å². The molecule has 0 amide bonds. The van der Waals surface area contributed by atoms with Crippen LogP contribution < -0.4 is 5.32 Å². The molecule has 2 atom stereocenters. The first-order valence-corrected chi connectivity index (χ1v) is 7.52. The molecule has 0 saturated heterocycles. The fourth-order valence-electron chi connectivity index (χ4n) is 2.65. The van der Waals surface area contributed by atoms with Gasteiger partial charge < -0.3 is 5.32 Å². The fraction of sp³-hybridized carbons (Fsp3) is 0.714. The summed E-state index contributed by atoms with van der Waals surface area (Å²) in [5.41, 5.74) is 0. The Morgan fingerprint density at radius 3 is 3.06 bits per heavy atom. The van der Waals surface area contributed by atoms with Crippen LogP contribution in [0.3, 0.4) is 0 Å². The predicted molar refractivity (Wildman–Crippen MR) is 72.1 cm³/mol. The molecule has 0 radical (unpaired) electrons. The number of thiophene rings is 1. The summed E-state index contributed by atoms with van der Waals surface area (Å²) in [5, 5.41) is 5.89. The van der Waals surface area contributed by atoms with Crippen LogP contribution in [-0.4, -0.2) is 12.6 Å². The molecule has 1 N–H and O–H groups in total. The molecule has 0 aliphatic heterocycles. The smallest absolute Gasteiger partial charge is 0.00698 e. The second-order valence-corrected chi connectivity index (χ2v) is 5.95. The largest absolute Gasteiger partial charge is 0.314 e. The lowest BCUT2D eigenvalue weighted by atomic mass is 10.1. The summed E-state index contributed by atoms with van der Waals surface area (Å²) in [7, 11) is 0. The molecule has 1 aromatic rings. The Morgan fingerprint density at radius 1 is 1.44 bits per heavy atom. The summed E-state index contributed by atoms with van der Waals surface area (Å²) in [6, 6.07) is 5.21. The Balaban J connectivity index is 1.55. The van der Waals surface area contributed by atoms with Gasteiger partial charge in [0.25, 0.3) is 0 Å². The van der Waals surface area contributed by atoms with E-state index in [0.717, 1.165) is 12.0 Å². The van der Waals surface area contributed by atoms with Crippen LogP contribution >= 0.6 is 11.3 Å². The maximum absolute atomic E-state index is 3.71. The fourth-order valence-corrected chi connectivity index (χ4v) is 3.41. The third kappa shape index (κ3) is 3.60. The van der Waals surface area contributed by atoms with E-state index in [4.69, 9.17) is 0 Å². The van der Waals surface area contributed by atoms with Crippen molar-refractivity contribution in [2.45, 2.75) is 51.5 Å². The number of hydrogen-bond acceptors (Lipinski definition) is 2. The van der Waals surface area contributed by atoms with E-state index < -0.39 is 0 Å². The van der Waals surface area contributed by atoms with Gasteiger partial charge in [0.2, 0.25) is 0 Å². The van der Waals surface area contributed by atoms with Gasteiger partial charge in [0.05, 0.1) is 0 Å². The van der Waals surface area contributed by atoms with E-state index in [9.17, 15) is 0 Å². The Morgan fingerprint density at radius 2 is 2.38 bits per heavy atom. The Kier molecular flexibility index (Phi) is 4.86. The molecule has 2 rings (SSSR count). The second kappa shape index (κ2) is 6.41. The second-order valence-electron chi connectivity index (χ2n) is 4.92. The zero-order chi connectivity index (χ0) is 11.2. The van der Waals surface area contributed by atoms with Gasteiger partial charge in [-0.3, -0.25) is 0 Å². The van der Waals surface area contributed by atoms with Gasteiger partial charge in [0, 0.05) is 10.9 Å². The number of aryl methyl sites for hydroxylation is 1. The molecule has 0 bridgehead atoms. The lowest BCUT2D eigenvalue weighted by Gasteiger charge is -2.12. The first-order valence-electron chi connectivity index (χ1n) is 6.64. The maximum atomic E-state index is 3.71. The van der Waals surface area contributed by atoms with Gasteiger partial charge in [-0.15, -0.1) is 11.3 Å². The van der Waals surface area contributed by atoms with Gasteiger partial charge in [0.15, 0.2) is 0 Å². The van der Waals surface area contributed by atoms with Gasteiger partial charge in [-0.2, -0.15) is 0 Å². The van der Waals surface area contributed by atoms with Crippen molar-refractivity contribution in [1.29, 1.82) is 0 Å². The van der Waals surface area contributed by atoms with Crippen LogP contribution in [-0.2, 0) is 6.42 Å². The van der Waals surface area contributed by atoms with Crippen molar-refractivity contribution in [3.05, 3.63) is 22.4 Å². The van der Waals surface area contributed by atoms with Crippen LogP contribution in [0.1, 0.15) is 43.9 Å². The molecule has 2 heteroatoms. The van der Waals surface area contributed by atoms with Crippen molar-refractivity contribution in [2.24, 2.45) is 5.92 Å². The first kappa shape index (κ1) is 12.1. The van der Waals surface area contributed by atoms with Gasteiger partial charge in [-0.05, 0) is 56.0 Å². The van der Waals surface area contributed by atoms with E-state index in [1.165, 1.54) is 49.9 Å². The minimum absolute atomic E-state index is 0.813. The van der Waals surface area contributed by atoms with E-state index in [1.54, 1.807) is 0 Å². The molecule has 1 fully saturated rings. The molecule has 1 nitrogen and oxygen atoms in total. The molecule has 1 aromatic heterocycles. The predicted octanol–water partition coefficient (Wildman–Crippen LogP) is 3.85. The Hall–Kier alpha value is -0.340. The summed E-state index contributed by atoms with van der Waals surface area (Å²) >= 11 is 1.88. The SMILES string of the molecule is CCC1CCC(NCCCc2cccs2)C1. The van der Waals surface area contributed by atoms with Gasteiger partial charge in [0.1, 0.15) is 0 Å².